The van der Waals surface area contributed by atoms with Crippen molar-refractivity contribution in [1.29, 1.82) is 0 Å². The first-order chi connectivity index (χ1) is 15.8. The van der Waals surface area contributed by atoms with Gasteiger partial charge in [-0.15, -0.1) is 0 Å². The summed E-state index contributed by atoms with van der Waals surface area (Å²) in [5, 5.41) is 7.04. The van der Waals surface area contributed by atoms with Gasteiger partial charge < -0.3 is 20.1 Å². The molecule has 0 unspecified atom stereocenters. The van der Waals surface area contributed by atoms with Crippen LogP contribution in [0.2, 0.25) is 5.02 Å². The zero-order valence-corrected chi connectivity index (χ0v) is 21.3. The summed E-state index contributed by atoms with van der Waals surface area (Å²) in [6.45, 7) is 5.03. The second-order valence-corrected chi connectivity index (χ2v) is 9.38. The number of nitrogens with one attached hydrogen (secondary N) is 2. The SMILES string of the molecule is COc1cc(CNc2cccc(NC(=O)CC(C)C)c2)c(Br)cc1OCc1ccc(Cl)cc1. The quantitative estimate of drug-likeness (QED) is 0.288. The topological polar surface area (TPSA) is 59.6 Å². The summed E-state index contributed by atoms with van der Waals surface area (Å²) in [6, 6.07) is 19.1. The van der Waals surface area contributed by atoms with Crippen LogP contribution in [-0.2, 0) is 17.9 Å². The van der Waals surface area contributed by atoms with Crippen LogP contribution in [0.3, 0.4) is 0 Å². The lowest BCUT2D eigenvalue weighted by molar-refractivity contribution is -0.116. The Labute approximate surface area is 208 Å². The first-order valence-corrected chi connectivity index (χ1v) is 11.9. The Kier molecular flexibility index (Phi) is 9.03. The fourth-order valence-corrected chi connectivity index (χ4v) is 3.80. The third kappa shape index (κ3) is 7.69. The molecule has 33 heavy (non-hydrogen) atoms. The third-order valence-electron chi connectivity index (χ3n) is 4.86. The highest BCUT2D eigenvalue weighted by Gasteiger charge is 2.11. The summed E-state index contributed by atoms with van der Waals surface area (Å²) in [5.41, 5.74) is 3.71. The van der Waals surface area contributed by atoms with E-state index in [0.717, 1.165) is 27.0 Å². The van der Waals surface area contributed by atoms with E-state index >= 15 is 0 Å². The second-order valence-electron chi connectivity index (χ2n) is 8.09. The van der Waals surface area contributed by atoms with Crippen LogP contribution in [0.4, 0.5) is 11.4 Å². The van der Waals surface area contributed by atoms with Crippen LogP contribution in [0, 0.1) is 5.92 Å². The van der Waals surface area contributed by atoms with E-state index in [0.29, 0.717) is 42.0 Å². The lowest BCUT2D eigenvalue weighted by Gasteiger charge is -2.15. The maximum absolute atomic E-state index is 12.1. The third-order valence-corrected chi connectivity index (χ3v) is 5.85. The zero-order chi connectivity index (χ0) is 23.8. The molecule has 0 aliphatic carbocycles. The summed E-state index contributed by atoms with van der Waals surface area (Å²) in [7, 11) is 1.62. The number of amides is 1. The molecule has 0 saturated carbocycles. The Morgan fingerprint density at radius 2 is 1.76 bits per heavy atom. The first kappa shape index (κ1) is 24.9. The van der Waals surface area contributed by atoms with Gasteiger partial charge in [-0.2, -0.15) is 0 Å². The van der Waals surface area contributed by atoms with E-state index in [2.05, 4.69) is 26.6 Å². The van der Waals surface area contributed by atoms with Gasteiger partial charge in [-0.1, -0.05) is 59.6 Å². The smallest absolute Gasteiger partial charge is 0.224 e. The van der Waals surface area contributed by atoms with E-state index in [1.54, 1.807) is 7.11 Å². The fraction of sp³-hybridized carbons (Fsp3) is 0.269. The maximum atomic E-state index is 12.1. The highest BCUT2D eigenvalue weighted by Crippen LogP contribution is 2.34. The van der Waals surface area contributed by atoms with Gasteiger partial charge in [0.2, 0.25) is 5.91 Å². The van der Waals surface area contributed by atoms with Crippen molar-refractivity contribution in [2.45, 2.75) is 33.4 Å². The average Bonchev–Trinajstić information content (AvgIpc) is 2.77. The summed E-state index contributed by atoms with van der Waals surface area (Å²) >= 11 is 9.59. The van der Waals surface area contributed by atoms with Crippen molar-refractivity contribution >= 4 is 44.8 Å². The van der Waals surface area contributed by atoms with Gasteiger partial charge in [0.25, 0.3) is 0 Å². The number of carbonyl (C=O) groups is 1. The van der Waals surface area contributed by atoms with E-state index < -0.39 is 0 Å². The van der Waals surface area contributed by atoms with Gasteiger partial charge in [0.05, 0.1) is 7.11 Å². The van der Waals surface area contributed by atoms with Crippen molar-refractivity contribution in [2.75, 3.05) is 17.7 Å². The van der Waals surface area contributed by atoms with Crippen molar-refractivity contribution in [1.82, 2.24) is 0 Å². The number of halogens is 2. The highest BCUT2D eigenvalue weighted by molar-refractivity contribution is 9.10. The van der Waals surface area contributed by atoms with Gasteiger partial charge in [-0.05, 0) is 59.5 Å². The molecule has 0 aliphatic rings. The molecule has 0 bridgehead atoms. The Morgan fingerprint density at radius 1 is 1.03 bits per heavy atom. The molecule has 3 rings (SSSR count). The molecule has 0 fully saturated rings. The number of hydrogen-bond donors (Lipinski definition) is 2. The number of carbonyl (C=O) groups excluding carboxylic acids is 1. The number of anilines is 2. The van der Waals surface area contributed by atoms with Crippen LogP contribution in [0.25, 0.3) is 0 Å². The molecule has 0 aromatic heterocycles. The standard InChI is InChI=1S/C26H28BrClN2O3/c1-17(2)11-26(31)30-22-6-4-5-21(13-22)29-15-19-12-24(32-3)25(14-23(19)27)33-16-18-7-9-20(28)10-8-18/h4-10,12-14,17,29H,11,15-16H2,1-3H3,(H,30,31). The van der Waals surface area contributed by atoms with Gasteiger partial charge in [-0.25, -0.2) is 0 Å². The first-order valence-electron chi connectivity index (χ1n) is 10.7. The molecule has 0 spiro atoms. The summed E-state index contributed by atoms with van der Waals surface area (Å²) in [4.78, 5) is 12.1. The van der Waals surface area contributed by atoms with Crippen molar-refractivity contribution in [3.63, 3.8) is 0 Å². The lowest BCUT2D eigenvalue weighted by atomic mass is 10.1. The molecule has 0 radical (unpaired) electrons. The Bertz CT molecular complexity index is 1090. The van der Waals surface area contributed by atoms with Crippen LogP contribution >= 0.6 is 27.5 Å². The van der Waals surface area contributed by atoms with E-state index in [1.807, 2.05) is 74.5 Å². The Balaban J connectivity index is 1.64. The molecule has 3 aromatic rings. The molecule has 7 heteroatoms. The van der Waals surface area contributed by atoms with E-state index in [1.165, 1.54) is 0 Å². The lowest BCUT2D eigenvalue weighted by Crippen LogP contribution is -2.13. The van der Waals surface area contributed by atoms with Crippen molar-refractivity contribution in [3.8, 4) is 11.5 Å². The minimum Gasteiger partial charge on any atom is -0.493 e. The van der Waals surface area contributed by atoms with E-state index in [-0.39, 0.29) is 5.91 Å². The molecule has 174 valence electrons. The number of hydrogen-bond acceptors (Lipinski definition) is 4. The van der Waals surface area contributed by atoms with Crippen LogP contribution in [0.15, 0.2) is 65.1 Å². The maximum Gasteiger partial charge on any atom is 0.224 e. The van der Waals surface area contributed by atoms with Crippen LogP contribution in [0.5, 0.6) is 11.5 Å². The highest BCUT2D eigenvalue weighted by atomic mass is 79.9. The monoisotopic (exact) mass is 530 g/mol. The molecule has 0 heterocycles. The largest absolute Gasteiger partial charge is 0.493 e. The fourth-order valence-electron chi connectivity index (χ4n) is 3.21. The minimum atomic E-state index is 0.0174. The molecule has 3 aromatic carbocycles. The predicted octanol–water partition coefficient (Wildman–Crippen LogP) is 7.29. The molecule has 5 nitrogen and oxygen atoms in total. The molecule has 2 N–H and O–H groups in total. The number of ether oxygens (including phenoxy) is 2. The van der Waals surface area contributed by atoms with Crippen molar-refractivity contribution in [3.05, 3.63) is 81.3 Å². The van der Waals surface area contributed by atoms with Crippen molar-refractivity contribution < 1.29 is 14.3 Å². The molecular formula is C26H28BrClN2O3. The van der Waals surface area contributed by atoms with Gasteiger partial charge >= 0.3 is 0 Å². The number of benzene rings is 3. The Hall–Kier alpha value is -2.70. The molecule has 0 atom stereocenters. The number of rotatable bonds is 10. The van der Waals surface area contributed by atoms with Crippen LogP contribution in [0.1, 0.15) is 31.4 Å². The molecule has 0 saturated heterocycles. The van der Waals surface area contributed by atoms with E-state index in [9.17, 15) is 4.79 Å². The minimum absolute atomic E-state index is 0.0174. The number of methoxy groups -OCH3 is 1. The van der Waals surface area contributed by atoms with E-state index in [4.69, 9.17) is 21.1 Å². The second kappa shape index (κ2) is 12.0. The summed E-state index contributed by atoms with van der Waals surface area (Å²) in [6.07, 6.45) is 0.497. The van der Waals surface area contributed by atoms with Crippen LogP contribution in [-0.4, -0.2) is 13.0 Å². The summed E-state index contributed by atoms with van der Waals surface area (Å²) in [5.74, 6) is 1.64. The zero-order valence-electron chi connectivity index (χ0n) is 19.0. The molecule has 1 amide bonds. The van der Waals surface area contributed by atoms with Gasteiger partial charge in [0.1, 0.15) is 6.61 Å². The average molecular weight is 532 g/mol. The normalized spacial score (nSPS) is 10.7. The van der Waals surface area contributed by atoms with Crippen LogP contribution < -0.4 is 20.1 Å². The van der Waals surface area contributed by atoms with Crippen molar-refractivity contribution in [2.24, 2.45) is 5.92 Å². The van der Waals surface area contributed by atoms with Gasteiger partial charge in [0.15, 0.2) is 11.5 Å². The molecule has 0 aliphatic heterocycles. The van der Waals surface area contributed by atoms with Gasteiger partial charge in [-0.3, -0.25) is 4.79 Å². The molecular weight excluding hydrogens is 504 g/mol. The predicted molar refractivity (Wildman–Crippen MR) is 138 cm³/mol. The van der Waals surface area contributed by atoms with Gasteiger partial charge in [0, 0.05) is 33.8 Å². The summed E-state index contributed by atoms with van der Waals surface area (Å²) < 4.78 is 12.4. The Morgan fingerprint density at radius 3 is 2.45 bits per heavy atom.